The Hall–Kier alpha value is -3.67. The average molecular weight is 418 g/mol. The first-order chi connectivity index (χ1) is 15.1. The molecule has 1 saturated carbocycles. The van der Waals surface area contributed by atoms with Crippen LogP contribution in [0, 0.1) is 11.3 Å². The van der Waals surface area contributed by atoms with E-state index in [0.29, 0.717) is 22.8 Å². The third kappa shape index (κ3) is 3.44. The number of nitriles is 1. The number of carbonyl (C=O) groups excluding carboxylic acids is 1. The molecule has 2 aliphatic rings. The summed E-state index contributed by atoms with van der Waals surface area (Å²) in [6, 6.07) is 7.58. The van der Waals surface area contributed by atoms with Gasteiger partial charge in [0, 0.05) is 31.0 Å². The number of nitrogens with zero attached hydrogens (tertiary/aromatic N) is 6. The third-order valence-corrected chi connectivity index (χ3v) is 6.00. The van der Waals surface area contributed by atoms with Gasteiger partial charge < -0.3 is 14.4 Å². The van der Waals surface area contributed by atoms with Gasteiger partial charge in [-0.15, -0.1) is 5.10 Å². The highest BCUT2D eigenvalue weighted by Gasteiger charge is 2.50. The third-order valence-electron chi connectivity index (χ3n) is 6.00. The van der Waals surface area contributed by atoms with Crippen molar-refractivity contribution in [2.45, 2.75) is 31.1 Å². The van der Waals surface area contributed by atoms with Gasteiger partial charge in [-0.25, -0.2) is 14.3 Å². The van der Waals surface area contributed by atoms with Crippen molar-refractivity contribution >= 4 is 11.7 Å². The molecule has 0 unspecified atom stereocenters. The molecular formula is C22H22N6O3. The molecule has 0 radical (unpaired) electrons. The molecule has 5 rings (SSSR count). The smallest absolute Gasteiger partial charge is 0.409 e. The number of ether oxygens (including phenoxy) is 2. The summed E-state index contributed by atoms with van der Waals surface area (Å²) in [4.78, 5) is 23.0. The molecule has 3 aromatic rings. The van der Waals surface area contributed by atoms with Gasteiger partial charge in [-0.1, -0.05) is 0 Å². The van der Waals surface area contributed by atoms with E-state index in [1.165, 1.54) is 6.20 Å². The largest absolute Gasteiger partial charge is 0.493 e. The van der Waals surface area contributed by atoms with Crippen molar-refractivity contribution in [1.82, 2.24) is 24.5 Å². The number of pyridine rings is 2. The lowest BCUT2D eigenvalue weighted by molar-refractivity contribution is 0.100. The van der Waals surface area contributed by atoms with Crippen molar-refractivity contribution in [3.05, 3.63) is 42.0 Å². The number of hydrogen-bond donors (Lipinski definition) is 0. The number of amides is 1. The molecule has 9 heteroatoms. The molecule has 1 saturated heterocycles. The van der Waals surface area contributed by atoms with E-state index in [9.17, 15) is 10.1 Å². The van der Waals surface area contributed by atoms with Crippen LogP contribution < -0.4 is 4.74 Å². The van der Waals surface area contributed by atoms with Crippen LogP contribution in [-0.2, 0) is 10.2 Å². The van der Waals surface area contributed by atoms with Crippen LogP contribution in [0.3, 0.4) is 0 Å². The van der Waals surface area contributed by atoms with Crippen LogP contribution in [0.1, 0.15) is 37.1 Å². The summed E-state index contributed by atoms with van der Waals surface area (Å²) in [5.41, 5.74) is 2.19. The Kier molecular flexibility index (Phi) is 4.70. The Bertz CT molecular complexity index is 1190. The summed E-state index contributed by atoms with van der Waals surface area (Å²) in [6.45, 7) is 1.78. The van der Waals surface area contributed by atoms with E-state index in [-0.39, 0.29) is 18.1 Å². The summed E-state index contributed by atoms with van der Waals surface area (Å²) in [6.07, 6.45) is 6.72. The van der Waals surface area contributed by atoms with Crippen LogP contribution in [0.25, 0.3) is 16.9 Å². The van der Waals surface area contributed by atoms with Crippen molar-refractivity contribution in [2.24, 2.45) is 0 Å². The van der Waals surface area contributed by atoms with Crippen LogP contribution in [0.15, 0.2) is 30.6 Å². The Balaban J connectivity index is 1.48. The van der Waals surface area contributed by atoms with E-state index in [4.69, 9.17) is 19.6 Å². The van der Waals surface area contributed by atoms with Gasteiger partial charge in [0.25, 0.3) is 0 Å². The van der Waals surface area contributed by atoms with Gasteiger partial charge in [-0.2, -0.15) is 5.26 Å². The molecule has 1 aliphatic carbocycles. The summed E-state index contributed by atoms with van der Waals surface area (Å²) >= 11 is 0. The van der Waals surface area contributed by atoms with E-state index >= 15 is 0 Å². The fourth-order valence-electron chi connectivity index (χ4n) is 3.96. The summed E-state index contributed by atoms with van der Waals surface area (Å²) in [5.74, 6) is 1.23. The van der Waals surface area contributed by atoms with Crippen LogP contribution in [0.4, 0.5) is 4.79 Å². The summed E-state index contributed by atoms with van der Waals surface area (Å²) < 4.78 is 12.8. The van der Waals surface area contributed by atoms with Crippen molar-refractivity contribution in [2.75, 3.05) is 26.8 Å². The minimum absolute atomic E-state index is 0.259. The molecule has 1 aliphatic heterocycles. The normalized spacial score (nSPS) is 16.8. The second-order valence-corrected chi connectivity index (χ2v) is 8.06. The molecule has 3 aromatic heterocycles. The number of fused-ring (bicyclic) bond motifs is 1. The monoisotopic (exact) mass is 418 g/mol. The molecule has 0 N–H and O–H groups in total. The van der Waals surface area contributed by atoms with Crippen molar-refractivity contribution in [3.8, 4) is 23.1 Å². The average Bonchev–Trinajstić information content (AvgIpc) is 3.18. The molecular weight excluding hydrogens is 396 g/mol. The number of rotatable bonds is 5. The highest BCUT2D eigenvalue weighted by molar-refractivity contribution is 5.69. The Morgan fingerprint density at radius 1 is 1.26 bits per heavy atom. The summed E-state index contributed by atoms with van der Waals surface area (Å²) in [7, 11) is 1.59. The zero-order valence-corrected chi connectivity index (χ0v) is 17.2. The lowest BCUT2D eigenvalue weighted by atomic mass is 10.1. The van der Waals surface area contributed by atoms with Crippen LogP contribution in [-0.4, -0.2) is 57.4 Å². The van der Waals surface area contributed by atoms with Gasteiger partial charge in [0.15, 0.2) is 17.2 Å². The van der Waals surface area contributed by atoms with Gasteiger partial charge in [-0.05, 0) is 43.9 Å². The Morgan fingerprint density at radius 3 is 2.77 bits per heavy atom. The van der Waals surface area contributed by atoms with E-state index in [2.05, 4.69) is 11.1 Å². The fraction of sp³-hybridized carbons (Fsp3) is 0.409. The number of methoxy groups -OCH3 is 1. The molecule has 0 atom stereocenters. The van der Waals surface area contributed by atoms with Gasteiger partial charge in [-0.3, -0.25) is 4.98 Å². The predicted octanol–water partition coefficient (Wildman–Crippen LogP) is 2.94. The standard InChI is InChI=1S/C22H22N6O3/c1-30-18-5-4-17(16-10-15(11-23)12-24-13-16)28-19(18)25-20(26-28)22(6-7-22)14-31-21(29)27-8-2-3-9-27/h4-5,10,12-13H,2-3,6-9,14H2,1H3. The quantitative estimate of drug-likeness (QED) is 0.627. The zero-order valence-electron chi connectivity index (χ0n) is 17.2. The molecule has 0 spiro atoms. The lowest BCUT2D eigenvalue weighted by Gasteiger charge is -2.17. The topological polar surface area (TPSA) is 106 Å². The van der Waals surface area contributed by atoms with Crippen LogP contribution >= 0.6 is 0 Å². The second kappa shape index (κ2) is 7.54. The van der Waals surface area contributed by atoms with Crippen molar-refractivity contribution in [3.63, 3.8) is 0 Å². The molecule has 0 aromatic carbocycles. The number of aromatic nitrogens is 4. The number of likely N-dealkylation sites (tertiary alicyclic amines) is 1. The number of hydrogen-bond acceptors (Lipinski definition) is 7. The highest BCUT2D eigenvalue weighted by Crippen LogP contribution is 2.47. The van der Waals surface area contributed by atoms with E-state index < -0.39 is 0 Å². The Labute approximate surface area is 179 Å². The number of carbonyl (C=O) groups is 1. The molecule has 1 amide bonds. The first-order valence-corrected chi connectivity index (χ1v) is 10.3. The van der Waals surface area contributed by atoms with E-state index in [1.54, 1.807) is 28.8 Å². The zero-order chi connectivity index (χ0) is 21.4. The van der Waals surface area contributed by atoms with Gasteiger partial charge in [0.1, 0.15) is 12.7 Å². The molecule has 2 fully saturated rings. The van der Waals surface area contributed by atoms with Gasteiger partial charge in [0.05, 0.1) is 23.8 Å². The van der Waals surface area contributed by atoms with Crippen molar-refractivity contribution < 1.29 is 14.3 Å². The SMILES string of the molecule is COc1ccc(-c2cncc(C#N)c2)n2nc(C3(COC(=O)N4CCCC4)CC3)nc12. The molecule has 0 bridgehead atoms. The van der Waals surface area contributed by atoms with Crippen molar-refractivity contribution in [1.29, 1.82) is 5.26 Å². The lowest BCUT2D eigenvalue weighted by Crippen LogP contribution is -2.31. The molecule has 4 heterocycles. The maximum Gasteiger partial charge on any atom is 0.409 e. The van der Waals surface area contributed by atoms with Gasteiger partial charge in [0.2, 0.25) is 0 Å². The maximum atomic E-state index is 12.3. The minimum atomic E-state index is -0.365. The van der Waals surface area contributed by atoms with Crippen LogP contribution in [0.2, 0.25) is 0 Å². The summed E-state index contributed by atoms with van der Waals surface area (Å²) in [5, 5.41) is 14.0. The molecule has 31 heavy (non-hydrogen) atoms. The first kappa shape index (κ1) is 19.3. The van der Waals surface area contributed by atoms with Crippen LogP contribution in [0.5, 0.6) is 5.75 Å². The van der Waals surface area contributed by atoms with E-state index in [1.807, 2.05) is 12.1 Å². The first-order valence-electron chi connectivity index (χ1n) is 10.3. The molecule has 158 valence electrons. The van der Waals surface area contributed by atoms with E-state index in [0.717, 1.165) is 50.0 Å². The highest BCUT2D eigenvalue weighted by atomic mass is 16.6. The fourth-order valence-corrected chi connectivity index (χ4v) is 3.96. The maximum absolute atomic E-state index is 12.3. The molecule has 9 nitrogen and oxygen atoms in total. The minimum Gasteiger partial charge on any atom is -0.493 e. The van der Waals surface area contributed by atoms with Gasteiger partial charge >= 0.3 is 6.09 Å². The Morgan fingerprint density at radius 2 is 2.06 bits per heavy atom. The second-order valence-electron chi connectivity index (χ2n) is 8.06. The predicted molar refractivity (Wildman–Crippen MR) is 111 cm³/mol.